The molecule has 0 bridgehead atoms. The summed E-state index contributed by atoms with van der Waals surface area (Å²) < 4.78 is 32.5. The van der Waals surface area contributed by atoms with Crippen LogP contribution < -0.4 is 9.46 Å². The molecule has 0 aliphatic heterocycles. The summed E-state index contributed by atoms with van der Waals surface area (Å²) in [6.45, 7) is 4.00. The minimum Gasteiger partial charge on any atom is -0.455 e. The van der Waals surface area contributed by atoms with E-state index in [2.05, 4.69) is 9.71 Å². The first kappa shape index (κ1) is 18.2. The average molecular weight is 370 g/mol. The average Bonchev–Trinajstić information content (AvgIpc) is 2.62. The van der Waals surface area contributed by atoms with Gasteiger partial charge in [-0.3, -0.25) is 9.71 Å². The van der Waals surface area contributed by atoms with Crippen molar-refractivity contribution in [1.29, 1.82) is 0 Å². The van der Waals surface area contributed by atoms with Crippen LogP contribution in [-0.4, -0.2) is 19.2 Å². The van der Waals surface area contributed by atoms with Crippen molar-refractivity contribution in [3.05, 3.63) is 60.3 Å². The van der Waals surface area contributed by atoms with Gasteiger partial charge in [0.05, 0.1) is 5.75 Å². The maximum Gasteiger partial charge on any atom is 0.232 e. The molecule has 0 radical (unpaired) electrons. The second kappa shape index (κ2) is 7.74. The van der Waals surface area contributed by atoms with Crippen molar-refractivity contribution in [3.8, 4) is 11.5 Å². The minimum atomic E-state index is -3.30. The number of hydrogen-bond donors (Lipinski definition) is 1. The number of sulfonamides is 1. The molecule has 3 rings (SSSR count). The van der Waals surface area contributed by atoms with Crippen LogP contribution >= 0.6 is 0 Å². The van der Waals surface area contributed by atoms with Gasteiger partial charge in [-0.1, -0.05) is 25.5 Å². The molecule has 0 spiro atoms. The predicted molar refractivity (Wildman–Crippen MR) is 105 cm³/mol. The number of fused-ring (bicyclic) bond motifs is 1. The summed E-state index contributed by atoms with van der Waals surface area (Å²) in [6, 6.07) is 14.7. The molecule has 0 saturated heterocycles. The number of rotatable bonds is 7. The number of anilines is 1. The maximum absolute atomic E-state index is 12.0. The van der Waals surface area contributed by atoms with E-state index in [-0.39, 0.29) is 5.75 Å². The largest absolute Gasteiger partial charge is 0.455 e. The van der Waals surface area contributed by atoms with Gasteiger partial charge >= 0.3 is 0 Å². The third kappa shape index (κ3) is 4.32. The van der Waals surface area contributed by atoms with Gasteiger partial charge in [-0.2, -0.15) is 0 Å². The van der Waals surface area contributed by atoms with Crippen molar-refractivity contribution in [2.75, 3.05) is 10.5 Å². The molecule has 5 nitrogen and oxygen atoms in total. The van der Waals surface area contributed by atoms with Crippen LogP contribution in [0.25, 0.3) is 10.9 Å². The summed E-state index contributed by atoms with van der Waals surface area (Å²) in [5, 5.41) is 1.05. The molecule has 3 aromatic rings. The van der Waals surface area contributed by atoms with Gasteiger partial charge in [0, 0.05) is 17.3 Å². The Balaban J connectivity index is 1.77. The summed E-state index contributed by atoms with van der Waals surface area (Å²) in [7, 11) is -3.30. The Kier molecular flexibility index (Phi) is 5.42. The monoisotopic (exact) mass is 370 g/mol. The molecule has 1 aromatic heterocycles. The fourth-order valence-electron chi connectivity index (χ4n) is 2.65. The highest BCUT2D eigenvalue weighted by Crippen LogP contribution is 2.30. The Labute approximate surface area is 154 Å². The van der Waals surface area contributed by atoms with Gasteiger partial charge in [-0.15, -0.1) is 0 Å². The van der Waals surface area contributed by atoms with E-state index in [0.29, 0.717) is 23.6 Å². The van der Waals surface area contributed by atoms with Crippen molar-refractivity contribution in [3.63, 3.8) is 0 Å². The number of hydrogen-bond acceptors (Lipinski definition) is 4. The second-order valence-electron chi connectivity index (χ2n) is 6.18. The van der Waals surface area contributed by atoms with Crippen molar-refractivity contribution in [2.24, 2.45) is 0 Å². The molecule has 0 unspecified atom stereocenters. The first-order chi connectivity index (χ1) is 12.5. The van der Waals surface area contributed by atoms with Crippen molar-refractivity contribution >= 4 is 26.6 Å². The quantitative estimate of drug-likeness (QED) is 0.644. The molecule has 0 atom stereocenters. The van der Waals surface area contributed by atoms with Crippen LogP contribution in [0.3, 0.4) is 0 Å². The van der Waals surface area contributed by atoms with Gasteiger partial charge < -0.3 is 4.74 Å². The maximum atomic E-state index is 12.0. The van der Waals surface area contributed by atoms with E-state index in [1.54, 1.807) is 30.5 Å². The van der Waals surface area contributed by atoms with Gasteiger partial charge in [0.25, 0.3) is 0 Å². The SMILES string of the molecule is CCCCS(=O)(=O)Nc1ccc(Oc2cccc3c(C)ccnc23)cc1. The topological polar surface area (TPSA) is 68.3 Å². The number of nitrogens with one attached hydrogen (secondary N) is 1. The fraction of sp³-hybridized carbons (Fsp3) is 0.250. The Hall–Kier alpha value is -2.60. The first-order valence-corrected chi connectivity index (χ1v) is 10.3. The first-order valence-electron chi connectivity index (χ1n) is 8.61. The van der Waals surface area contributed by atoms with E-state index in [1.165, 1.54) is 0 Å². The van der Waals surface area contributed by atoms with E-state index < -0.39 is 10.0 Å². The Morgan fingerprint density at radius 1 is 1.08 bits per heavy atom. The summed E-state index contributed by atoms with van der Waals surface area (Å²) >= 11 is 0. The van der Waals surface area contributed by atoms with Crippen LogP contribution in [0, 0.1) is 6.92 Å². The summed E-state index contributed by atoms with van der Waals surface area (Å²) in [5.41, 5.74) is 2.47. The van der Waals surface area contributed by atoms with Crippen LogP contribution in [0.2, 0.25) is 0 Å². The van der Waals surface area contributed by atoms with Gasteiger partial charge in [0.15, 0.2) is 5.75 Å². The lowest BCUT2D eigenvalue weighted by Crippen LogP contribution is -2.16. The lowest BCUT2D eigenvalue weighted by atomic mass is 10.1. The molecule has 6 heteroatoms. The highest BCUT2D eigenvalue weighted by atomic mass is 32.2. The zero-order valence-corrected chi connectivity index (χ0v) is 15.7. The molecule has 0 aliphatic rings. The lowest BCUT2D eigenvalue weighted by molar-refractivity contribution is 0.487. The second-order valence-corrected chi connectivity index (χ2v) is 8.02. The van der Waals surface area contributed by atoms with E-state index in [4.69, 9.17) is 4.74 Å². The number of aromatic nitrogens is 1. The number of benzene rings is 2. The number of ether oxygens (including phenoxy) is 1. The van der Waals surface area contributed by atoms with E-state index >= 15 is 0 Å². The number of aryl methyl sites for hydroxylation is 1. The summed E-state index contributed by atoms with van der Waals surface area (Å²) in [5.74, 6) is 1.42. The van der Waals surface area contributed by atoms with E-state index in [9.17, 15) is 8.42 Å². The molecule has 1 N–H and O–H groups in total. The number of para-hydroxylation sites is 1. The molecule has 0 aliphatic carbocycles. The van der Waals surface area contributed by atoms with Gasteiger partial charge in [-0.25, -0.2) is 8.42 Å². The highest BCUT2D eigenvalue weighted by molar-refractivity contribution is 7.92. The molecule has 0 fully saturated rings. The molecule has 1 heterocycles. The van der Waals surface area contributed by atoms with Crippen molar-refractivity contribution in [1.82, 2.24) is 4.98 Å². The molecular weight excluding hydrogens is 348 g/mol. The number of nitrogens with zero attached hydrogens (tertiary/aromatic N) is 1. The predicted octanol–water partition coefficient (Wildman–Crippen LogP) is 4.88. The molecule has 26 heavy (non-hydrogen) atoms. The van der Waals surface area contributed by atoms with Gasteiger partial charge in [-0.05, 0) is 55.3 Å². The fourth-order valence-corrected chi connectivity index (χ4v) is 3.92. The van der Waals surface area contributed by atoms with Crippen LogP contribution in [0.15, 0.2) is 54.7 Å². The summed E-state index contributed by atoms with van der Waals surface area (Å²) in [4.78, 5) is 4.42. The van der Waals surface area contributed by atoms with Gasteiger partial charge in [0.2, 0.25) is 10.0 Å². The minimum absolute atomic E-state index is 0.128. The van der Waals surface area contributed by atoms with Gasteiger partial charge in [0.1, 0.15) is 11.3 Å². The normalized spacial score (nSPS) is 11.5. The molecule has 0 amide bonds. The van der Waals surface area contributed by atoms with Crippen LogP contribution in [0.4, 0.5) is 5.69 Å². The van der Waals surface area contributed by atoms with Crippen molar-refractivity contribution < 1.29 is 13.2 Å². The Morgan fingerprint density at radius 2 is 1.85 bits per heavy atom. The van der Waals surface area contributed by atoms with Crippen LogP contribution in [-0.2, 0) is 10.0 Å². The Morgan fingerprint density at radius 3 is 2.58 bits per heavy atom. The molecule has 0 saturated carbocycles. The molecule has 2 aromatic carbocycles. The smallest absolute Gasteiger partial charge is 0.232 e. The zero-order chi connectivity index (χ0) is 18.6. The Bertz CT molecular complexity index is 999. The van der Waals surface area contributed by atoms with Crippen LogP contribution in [0.5, 0.6) is 11.5 Å². The third-order valence-corrected chi connectivity index (χ3v) is 5.45. The molecular formula is C20H22N2O3S. The van der Waals surface area contributed by atoms with Crippen molar-refractivity contribution in [2.45, 2.75) is 26.7 Å². The van der Waals surface area contributed by atoms with E-state index in [0.717, 1.165) is 22.9 Å². The highest BCUT2D eigenvalue weighted by Gasteiger charge is 2.10. The standard InChI is InChI=1S/C20H22N2O3S/c1-3-4-14-26(23,24)22-16-8-10-17(11-9-16)25-19-7-5-6-18-15(2)12-13-21-20(18)19/h5-13,22H,3-4,14H2,1-2H3. The van der Waals surface area contributed by atoms with Crippen LogP contribution in [0.1, 0.15) is 25.3 Å². The summed E-state index contributed by atoms with van der Waals surface area (Å²) in [6.07, 6.45) is 3.25. The number of pyridine rings is 1. The molecule has 136 valence electrons. The third-order valence-electron chi connectivity index (χ3n) is 4.07. The lowest BCUT2D eigenvalue weighted by Gasteiger charge is -2.11. The zero-order valence-electron chi connectivity index (χ0n) is 14.9. The van der Waals surface area contributed by atoms with E-state index in [1.807, 2.05) is 38.1 Å². The number of unbranched alkanes of at least 4 members (excludes halogenated alkanes) is 1.